The number of piperazine rings is 1. The summed E-state index contributed by atoms with van der Waals surface area (Å²) < 4.78 is 5.10. The van der Waals surface area contributed by atoms with Gasteiger partial charge >= 0.3 is 6.09 Å². The van der Waals surface area contributed by atoms with Gasteiger partial charge in [-0.1, -0.05) is 60.7 Å². The Morgan fingerprint density at radius 3 is 2.16 bits per heavy atom. The third-order valence-corrected chi connectivity index (χ3v) is 5.51. The van der Waals surface area contributed by atoms with Crippen molar-refractivity contribution in [2.45, 2.75) is 13.0 Å². The number of nitrogens with two attached hydrogens (primary N) is 1. The minimum Gasteiger partial charge on any atom is -0.450 e. The molecule has 1 aromatic heterocycles. The Morgan fingerprint density at radius 2 is 1.59 bits per heavy atom. The second-order valence-electron chi connectivity index (χ2n) is 7.53. The number of carbonyl (C=O) groups is 1. The van der Waals surface area contributed by atoms with Gasteiger partial charge in [0.05, 0.1) is 12.6 Å². The number of carbonyl (C=O) groups excluding carboxylic acids is 1. The van der Waals surface area contributed by atoms with Crippen LogP contribution in [0.4, 0.5) is 22.1 Å². The van der Waals surface area contributed by atoms with E-state index < -0.39 is 0 Å². The van der Waals surface area contributed by atoms with E-state index in [-0.39, 0.29) is 12.1 Å². The highest BCUT2D eigenvalue weighted by atomic mass is 16.6. The van der Waals surface area contributed by atoms with Gasteiger partial charge in [0.15, 0.2) is 11.6 Å². The van der Waals surface area contributed by atoms with Crippen LogP contribution < -0.4 is 16.0 Å². The highest BCUT2D eigenvalue weighted by molar-refractivity contribution is 5.76. The van der Waals surface area contributed by atoms with Crippen LogP contribution in [0.15, 0.2) is 67.0 Å². The van der Waals surface area contributed by atoms with E-state index >= 15 is 0 Å². The number of hydrogen-bond acceptors (Lipinski definition) is 7. The molecule has 32 heavy (non-hydrogen) atoms. The smallest absolute Gasteiger partial charge is 0.409 e. The monoisotopic (exact) mass is 432 g/mol. The first-order valence-electron chi connectivity index (χ1n) is 10.8. The topological polar surface area (TPSA) is 96.6 Å². The highest BCUT2D eigenvalue weighted by Gasteiger charge is 2.25. The maximum absolute atomic E-state index is 12.0. The molecule has 2 heterocycles. The van der Waals surface area contributed by atoms with Crippen LogP contribution in [0, 0.1) is 0 Å². The van der Waals surface area contributed by atoms with E-state index in [2.05, 4.69) is 44.5 Å². The molecular weight excluding hydrogens is 404 g/mol. The summed E-state index contributed by atoms with van der Waals surface area (Å²) in [4.78, 5) is 24.6. The summed E-state index contributed by atoms with van der Waals surface area (Å²) in [6.07, 6.45) is 1.25. The number of nitrogen functional groups attached to an aromatic ring is 1. The molecule has 8 nitrogen and oxygen atoms in total. The molecule has 1 aliphatic heterocycles. The molecule has 8 heteroatoms. The zero-order chi connectivity index (χ0) is 22.3. The molecule has 2 aromatic carbocycles. The van der Waals surface area contributed by atoms with Crippen LogP contribution >= 0.6 is 0 Å². The molecule has 0 unspecified atom stereocenters. The molecule has 3 aromatic rings. The second-order valence-corrected chi connectivity index (χ2v) is 7.53. The van der Waals surface area contributed by atoms with Crippen molar-refractivity contribution < 1.29 is 9.53 Å². The van der Waals surface area contributed by atoms with E-state index in [0.717, 1.165) is 11.1 Å². The predicted octanol–water partition coefficient (Wildman–Crippen LogP) is 3.54. The van der Waals surface area contributed by atoms with Crippen molar-refractivity contribution in [3.63, 3.8) is 0 Å². The first kappa shape index (κ1) is 21.4. The average Bonchev–Trinajstić information content (AvgIpc) is 2.85. The van der Waals surface area contributed by atoms with Crippen molar-refractivity contribution in [3.05, 3.63) is 78.1 Å². The molecule has 1 amide bonds. The fourth-order valence-corrected chi connectivity index (χ4v) is 3.86. The molecule has 1 fully saturated rings. The van der Waals surface area contributed by atoms with Gasteiger partial charge in [-0.3, -0.25) is 0 Å². The van der Waals surface area contributed by atoms with E-state index in [9.17, 15) is 4.79 Å². The Bertz CT molecular complexity index is 984. The van der Waals surface area contributed by atoms with Crippen molar-refractivity contribution in [2.24, 2.45) is 0 Å². The molecule has 1 saturated heterocycles. The van der Waals surface area contributed by atoms with Gasteiger partial charge in [0.1, 0.15) is 12.0 Å². The van der Waals surface area contributed by atoms with E-state index in [1.54, 1.807) is 4.90 Å². The lowest BCUT2D eigenvalue weighted by Gasteiger charge is -2.35. The number of aromatic nitrogens is 2. The van der Waals surface area contributed by atoms with Crippen LogP contribution in [0.2, 0.25) is 0 Å². The number of benzene rings is 2. The third-order valence-electron chi connectivity index (χ3n) is 5.51. The number of amides is 1. The Morgan fingerprint density at radius 1 is 1.00 bits per heavy atom. The molecule has 0 aliphatic carbocycles. The van der Waals surface area contributed by atoms with Gasteiger partial charge in [-0.05, 0) is 18.1 Å². The summed E-state index contributed by atoms with van der Waals surface area (Å²) in [5.74, 6) is 1.26. The fraction of sp³-hybridized carbons (Fsp3) is 0.292. The standard InChI is InChI=1S/C24H28N6O2/c1-2-32-24(31)30-15-13-29(14-16-30)23-20(25)22(26-17-27-23)28-21(18-9-5-3-6-10-18)19-11-7-4-8-12-19/h3-12,17,21H,2,13-16,25H2,1H3,(H,26,27,28). The van der Waals surface area contributed by atoms with Crippen LogP contribution in [-0.2, 0) is 4.74 Å². The lowest BCUT2D eigenvalue weighted by atomic mass is 9.99. The van der Waals surface area contributed by atoms with Gasteiger partial charge in [-0.25, -0.2) is 14.8 Å². The zero-order valence-corrected chi connectivity index (χ0v) is 18.1. The van der Waals surface area contributed by atoms with Crippen LogP contribution in [0.5, 0.6) is 0 Å². The third kappa shape index (κ3) is 4.74. The predicted molar refractivity (Wildman–Crippen MR) is 126 cm³/mol. The first-order valence-corrected chi connectivity index (χ1v) is 10.8. The summed E-state index contributed by atoms with van der Waals surface area (Å²) in [7, 11) is 0. The Labute approximate surface area is 188 Å². The number of hydrogen-bond donors (Lipinski definition) is 2. The molecule has 0 atom stereocenters. The van der Waals surface area contributed by atoms with Gasteiger partial charge in [0.25, 0.3) is 0 Å². The Balaban J connectivity index is 1.55. The number of nitrogens with one attached hydrogen (secondary N) is 1. The number of rotatable bonds is 6. The molecule has 3 N–H and O–H groups in total. The summed E-state index contributed by atoms with van der Waals surface area (Å²) >= 11 is 0. The first-order chi connectivity index (χ1) is 15.7. The molecule has 4 rings (SSSR count). The van der Waals surface area contributed by atoms with Crippen molar-refractivity contribution in [1.82, 2.24) is 14.9 Å². The van der Waals surface area contributed by atoms with Gasteiger partial charge in [-0.15, -0.1) is 0 Å². The lowest BCUT2D eigenvalue weighted by Crippen LogP contribution is -2.49. The highest BCUT2D eigenvalue weighted by Crippen LogP contribution is 2.32. The minimum atomic E-state index is -0.279. The molecule has 0 bridgehead atoms. The maximum Gasteiger partial charge on any atom is 0.409 e. The number of ether oxygens (including phenoxy) is 1. The van der Waals surface area contributed by atoms with Crippen LogP contribution in [0.1, 0.15) is 24.1 Å². The normalized spacial score (nSPS) is 13.8. The van der Waals surface area contributed by atoms with E-state index in [1.165, 1.54) is 6.33 Å². The van der Waals surface area contributed by atoms with Crippen molar-refractivity contribution >= 4 is 23.4 Å². The van der Waals surface area contributed by atoms with Crippen molar-refractivity contribution in [2.75, 3.05) is 48.7 Å². The van der Waals surface area contributed by atoms with Crippen LogP contribution in [-0.4, -0.2) is 53.7 Å². The lowest BCUT2D eigenvalue weighted by molar-refractivity contribution is 0.105. The van der Waals surface area contributed by atoms with Crippen LogP contribution in [0.25, 0.3) is 0 Å². The van der Waals surface area contributed by atoms with Crippen molar-refractivity contribution in [3.8, 4) is 0 Å². The largest absolute Gasteiger partial charge is 0.450 e. The molecule has 0 saturated carbocycles. The number of anilines is 3. The summed E-state index contributed by atoms with van der Waals surface area (Å²) in [6, 6.07) is 20.3. The quantitative estimate of drug-likeness (QED) is 0.615. The van der Waals surface area contributed by atoms with Gasteiger partial charge in [0, 0.05) is 26.2 Å². The summed E-state index contributed by atoms with van der Waals surface area (Å²) in [5, 5.41) is 3.52. The summed E-state index contributed by atoms with van der Waals surface area (Å²) in [6.45, 7) is 4.54. The fourth-order valence-electron chi connectivity index (χ4n) is 3.86. The Kier molecular flexibility index (Phi) is 6.69. The second kappa shape index (κ2) is 10.00. The Hall–Kier alpha value is -3.81. The maximum atomic E-state index is 12.0. The SMILES string of the molecule is CCOC(=O)N1CCN(c2ncnc(NC(c3ccccc3)c3ccccc3)c2N)CC1. The van der Waals surface area contributed by atoms with Gasteiger partial charge in [-0.2, -0.15) is 0 Å². The molecule has 0 spiro atoms. The van der Waals surface area contributed by atoms with E-state index in [1.807, 2.05) is 43.3 Å². The molecule has 166 valence electrons. The van der Waals surface area contributed by atoms with Crippen LogP contribution in [0.3, 0.4) is 0 Å². The van der Waals surface area contributed by atoms with E-state index in [4.69, 9.17) is 10.5 Å². The zero-order valence-electron chi connectivity index (χ0n) is 18.1. The molecule has 1 aliphatic rings. The summed E-state index contributed by atoms with van der Waals surface area (Å²) in [5.41, 5.74) is 9.25. The molecular formula is C24H28N6O2. The van der Waals surface area contributed by atoms with Gasteiger partial charge < -0.3 is 25.6 Å². The van der Waals surface area contributed by atoms with Crippen molar-refractivity contribution in [1.29, 1.82) is 0 Å². The average molecular weight is 433 g/mol. The number of nitrogens with zero attached hydrogens (tertiary/aromatic N) is 4. The van der Waals surface area contributed by atoms with E-state index in [0.29, 0.717) is 50.1 Å². The van der Waals surface area contributed by atoms with Gasteiger partial charge in [0.2, 0.25) is 0 Å². The minimum absolute atomic E-state index is 0.108. The molecule has 0 radical (unpaired) electrons.